The van der Waals surface area contributed by atoms with Gasteiger partial charge < -0.3 is 4.90 Å². The summed E-state index contributed by atoms with van der Waals surface area (Å²) in [6.45, 7) is 2.31. The molecule has 2 nitrogen and oxygen atoms in total. The Morgan fingerprint density at radius 3 is 2.53 bits per heavy atom. The van der Waals surface area contributed by atoms with Gasteiger partial charge in [-0.25, -0.2) is 0 Å². The number of fused-ring (bicyclic) bond motifs is 3. The molecule has 0 spiro atoms. The fraction of sp³-hybridized carbons (Fsp3) is 0.462. The maximum Gasteiger partial charge on any atom is 0.0763 e. The Hall–Kier alpha value is 0.0400. The molecule has 1 unspecified atom stereocenters. The maximum atomic E-state index is 6.53. The molecule has 3 fully saturated rings. The number of alkyl halides is 1. The summed E-state index contributed by atoms with van der Waals surface area (Å²) < 4.78 is 1.01. The Kier molecular flexibility index (Phi) is 6.44. The number of piperidine rings is 3. The molecule has 2 bridgehead atoms. The van der Waals surface area contributed by atoms with Crippen molar-refractivity contribution in [1.82, 2.24) is 9.88 Å². The second-order valence-corrected chi connectivity index (χ2v) is 6.12. The molecule has 19 heavy (non-hydrogen) atoms. The minimum atomic E-state index is 0. The first-order valence-corrected chi connectivity index (χ1v) is 7.18. The third-order valence-electron chi connectivity index (χ3n) is 3.64. The van der Waals surface area contributed by atoms with E-state index in [0.29, 0.717) is 5.92 Å². The van der Waals surface area contributed by atoms with Gasteiger partial charge in [-0.1, -0.05) is 0 Å². The average molecular weight is 387 g/mol. The van der Waals surface area contributed by atoms with Crippen LogP contribution in [0, 0.1) is 5.92 Å². The van der Waals surface area contributed by atoms with E-state index in [0.717, 1.165) is 23.1 Å². The highest BCUT2D eigenvalue weighted by Crippen LogP contribution is 2.38. The minimum Gasteiger partial charge on any atom is -0.374 e. The van der Waals surface area contributed by atoms with Crippen molar-refractivity contribution in [2.24, 2.45) is 5.92 Å². The molecule has 0 aromatic carbocycles. The number of aromatic nitrogens is 1. The fourth-order valence-corrected chi connectivity index (χ4v) is 3.55. The highest BCUT2D eigenvalue weighted by molar-refractivity contribution is 9.10. The number of rotatable bonds is 1. The first-order chi connectivity index (χ1) is 8.24. The summed E-state index contributed by atoms with van der Waals surface area (Å²) in [7, 11) is 0. The standard InChI is InChI=1S/C13H14BrClN2.2ClH/c14-11-5-9(7-16-8-11)6-12-13(15)10-1-3-17(12)4-2-10;;/h5-8,10,13H,1-4H2;2*1H/b12-6-;;. The first kappa shape index (κ1) is 17.1. The van der Waals surface area contributed by atoms with Crippen molar-refractivity contribution < 1.29 is 0 Å². The summed E-state index contributed by atoms with van der Waals surface area (Å²) in [6, 6.07) is 2.08. The van der Waals surface area contributed by atoms with E-state index in [-0.39, 0.29) is 30.2 Å². The topological polar surface area (TPSA) is 16.1 Å². The summed E-state index contributed by atoms with van der Waals surface area (Å²) in [5, 5.41) is 0.177. The summed E-state index contributed by atoms with van der Waals surface area (Å²) in [4.78, 5) is 6.60. The number of halogens is 4. The minimum absolute atomic E-state index is 0. The third-order valence-corrected chi connectivity index (χ3v) is 4.66. The van der Waals surface area contributed by atoms with Gasteiger partial charge in [0, 0.05) is 35.7 Å². The van der Waals surface area contributed by atoms with Crippen molar-refractivity contribution in [1.29, 1.82) is 0 Å². The fourth-order valence-electron chi connectivity index (χ4n) is 2.72. The van der Waals surface area contributed by atoms with Gasteiger partial charge in [-0.2, -0.15) is 0 Å². The van der Waals surface area contributed by atoms with E-state index >= 15 is 0 Å². The maximum absolute atomic E-state index is 6.53. The van der Waals surface area contributed by atoms with Crippen LogP contribution < -0.4 is 0 Å². The Labute approximate surface area is 139 Å². The molecular formula is C13H16BrCl3N2. The molecule has 1 atom stereocenters. The second kappa shape index (κ2) is 7.16. The van der Waals surface area contributed by atoms with Crippen LogP contribution in [0.4, 0.5) is 0 Å². The van der Waals surface area contributed by atoms with Crippen molar-refractivity contribution >= 4 is 58.4 Å². The van der Waals surface area contributed by atoms with Gasteiger partial charge in [0.05, 0.1) is 5.38 Å². The lowest BCUT2D eigenvalue weighted by molar-refractivity contribution is 0.166. The zero-order valence-electron chi connectivity index (χ0n) is 10.3. The number of nitrogens with zero attached hydrogens (tertiary/aromatic N) is 2. The summed E-state index contributed by atoms with van der Waals surface area (Å²) in [5.41, 5.74) is 2.39. The number of hydrogen-bond donors (Lipinski definition) is 0. The molecule has 0 N–H and O–H groups in total. The largest absolute Gasteiger partial charge is 0.374 e. The Bertz CT molecular complexity index is 455. The predicted molar refractivity (Wildman–Crippen MR) is 88.3 cm³/mol. The second-order valence-electron chi connectivity index (χ2n) is 4.73. The van der Waals surface area contributed by atoms with Crippen molar-refractivity contribution in [3.05, 3.63) is 34.2 Å². The Morgan fingerprint density at radius 2 is 1.95 bits per heavy atom. The molecule has 0 saturated carbocycles. The van der Waals surface area contributed by atoms with Crippen LogP contribution in [0.2, 0.25) is 0 Å². The summed E-state index contributed by atoms with van der Waals surface area (Å²) in [5.74, 6) is 0.660. The van der Waals surface area contributed by atoms with E-state index < -0.39 is 0 Å². The van der Waals surface area contributed by atoms with Gasteiger partial charge in [-0.3, -0.25) is 4.98 Å². The van der Waals surface area contributed by atoms with Crippen LogP contribution in [-0.4, -0.2) is 28.4 Å². The van der Waals surface area contributed by atoms with Gasteiger partial charge in [0.25, 0.3) is 0 Å². The van der Waals surface area contributed by atoms with Crippen LogP contribution in [0.5, 0.6) is 0 Å². The van der Waals surface area contributed by atoms with Gasteiger partial charge in [0.2, 0.25) is 0 Å². The molecule has 6 heteroatoms. The molecule has 0 amide bonds. The Morgan fingerprint density at radius 1 is 1.26 bits per heavy atom. The van der Waals surface area contributed by atoms with E-state index in [1.807, 2.05) is 6.20 Å². The average Bonchev–Trinajstić information content (AvgIpc) is 2.34. The van der Waals surface area contributed by atoms with E-state index in [9.17, 15) is 0 Å². The van der Waals surface area contributed by atoms with Gasteiger partial charge in [0.15, 0.2) is 0 Å². The van der Waals surface area contributed by atoms with E-state index in [1.54, 1.807) is 6.20 Å². The number of allylic oxidation sites excluding steroid dienone is 1. The molecule has 0 aliphatic carbocycles. The van der Waals surface area contributed by atoms with E-state index in [1.165, 1.54) is 18.5 Å². The lowest BCUT2D eigenvalue weighted by atomic mass is 9.85. The zero-order valence-corrected chi connectivity index (χ0v) is 14.2. The van der Waals surface area contributed by atoms with Crippen molar-refractivity contribution in [2.75, 3.05) is 13.1 Å². The number of hydrogen-bond acceptors (Lipinski definition) is 2. The van der Waals surface area contributed by atoms with Crippen LogP contribution in [0.3, 0.4) is 0 Å². The molecule has 3 saturated heterocycles. The van der Waals surface area contributed by atoms with Gasteiger partial charge in [0.1, 0.15) is 0 Å². The van der Waals surface area contributed by atoms with Gasteiger partial charge in [-0.05, 0) is 52.4 Å². The quantitative estimate of drug-likeness (QED) is 0.667. The molecular weight excluding hydrogens is 370 g/mol. The molecule has 3 aliphatic heterocycles. The highest BCUT2D eigenvalue weighted by Gasteiger charge is 2.36. The normalized spacial score (nSPS) is 26.8. The smallest absolute Gasteiger partial charge is 0.0763 e. The van der Waals surface area contributed by atoms with Crippen LogP contribution in [0.15, 0.2) is 28.6 Å². The molecule has 4 heterocycles. The predicted octanol–water partition coefficient (Wildman–Crippen LogP) is 4.36. The van der Waals surface area contributed by atoms with Crippen molar-refractivity contribution in [3.8, 4) is 0 Å². The van der Waals surface area contributed by atoms with Crippen LogP contribution in [0.1, 0.15) is 18.4 Å². The lowest BCUT2D eigenvalue weighted by Crippen LogP contribution is -2.46. The van der Waals surface area contributed by atoms with Gasteiger partial charge in [-0.15, -0.1) is 36.4 Å². The van der Waals surface area contributed by atoms with Crippen LogP contribution in [0.25, 0.3) is 6.08 Å². The lowest BCUT2D eigenvalue weighted by Gasteiger charge is -2.45. The molecule has 106 valence electrons. The van der Waals surface area contributed by atoms with Crippen LogP contribution in [-0.2, 0) is 0 Å². The summed E-state index contributed by atoms with van der Waals surface area (Å²) >= 11 is 9.97. The third kappa shape index (κ3) is 3.57. The molecule has 1 aromatic rings. The molecule has 0 radical (unpaired) electrons. The van der Waals surface area contributed by atoms with Crippen LogP contribution >= 0.6 is 52.3 Å². The monoisotopic (exact) mass is 384 g/mol. The molecule has 1 aromatic heterocycles. The molecule has 4 rings (SSSR count). The van der Waals surface area contributed by atoms with Gasteiger partial charge >= 0.3 is 0 Å². The summed E-state index contributed by atoms with van der Waals surface area (Å²) in [6.07, 6.45) is 8.34. The first-order valence-electron chi connectivity index (χ1n) is 5.95. The SMILES string of the molecule is Cl.Cl.ClC1/C(=C/c2cncc(Br)c2)N2CCC1CC2. The van der Waals surface area contributed by atoms with Crippen molar-refractivity contribution in [2.45, 2.75) is 18.2 Å². The Balaban J connectivity index is 0.000000902. The highest BCUT2D eigenvalue weighted by atomic mass is 79.9. The molecule has 3 aliphatic rings. The van der Waals surface area contributed by atoms with E-state index in [4.69, 9.17) is 11.6 Å². The number of pyridine rings is 1. The van der Waals surface area contributed by atoms with Crippen molar-refractivity contribution in [3.63, 3.8) is 0 Å². The van der Waals surface area contributed by atoms with E-state index in [2.05, 4.69) is 38.0 Å². The zero-order chi connectivity index (χ0) is 11.8.